The van der Waals surface area contributed by atoms with Gasteiger partial charge in [-0.05, 0) is 42.3 Å². The van der Waals surface area contributed by atoms with Gasteiger partial charge in [0.2, 0.25) is 10.0 Å². The van der Waals surface area contributed by atoms with Crippen LogP contribution in [0.4, 0.5) is 5.69 Å². The molecule has 7 heteroatoms. The number of hydrogen-bond acceptors (Lipinski definition) is 3. The van der Waals surface area contributed by atoms with Crippen LogP contribution in [0, 0.1) is 0 Å². The third-order valence-corrected chi connectivity index (χ3v) is 5.15. The molecule has 2 aromatic carbocycles. The van der Waals surface area contributed by atoms with Crippen LogP contribution >= 0.6 is 11.6 Å². The second kappa shape index (κ2) is 8.36. The van der Waals surface area contributed by atoms with Crippen LogP contribution in [0.15, 0.2) is 48.5 Å². The summed E-state index contributed by atoms with van der Waals surface area (Å²) in [6.07, 6.45) is 2.04. The van der Waals surface area contributed by atoms with Crippen LogP contribution in [0.5, 0.6) is 0 Å². The van der Waals surface area contributed by atoms with Gasteiger partial charge in [0.15, 0.2) is 0 Å². The Morgan fingerprint density at radius 1 is 1.16 bits per heavy atom. The Labute approximate surface area is 153 Å². The maximum absolute atomic E-state index is 12.1. The predicted molar refractivity (Wildman–Crippen MR) is 102 cm³/mol. The smallest absolute Gasteiger partial charge is 0.251 e. The Balaban J connectivity index is 2.04. The Morgan fingerprint density at radius 2 is 1.84 bits per heavy atom. The summed E-state index contributed by atoms with van der Waals surface area (Å²) in [4.78, 5) is 12.1. The monoisotopic (exact) mass is 380 g/mol. The second-order valence-corrected chi connectivity index (χ2v) is 7.96. The molecule has 0 aliphatic carbocycles. The lowest BCUT2D eigenvalue weighted by molar-refractivity contribution is 0.0955. The van der Waals surface area contributed by atoms with Crippen LogP contribution in [-0.4, -0.2) is 33.7 Å². The minimum absolute atomic E-state index is 0.149. The number of aryl methyl sites for hydroxylation is 1. The van der Waals surface area contributed by atoms with Gasteiger partial charge >= 0.3 is 0 Å². The van der Waals surface area contributed by atoms with Gasteiger partial charge in [0.1, 0.15) is 0 Å². The van der Waals surface area contributed by atoms with Crippen LogP contribution in [0.25, 0.3) is 0 Å². The molecule has 0 fully saturated rings. The molecule has 0 aromatic heterocycles. The third-order valence-electron chi connectivity index (χ3n) is 3.72. The van der Waals surface area contributed by atoms with Crippen molar-refractivity contribution >= 4 is 33.2 Å². The number of anilines is 1. The molecular weight excluding hydrogens is 360 g/mol. The molecule has 2 aromatic rings. The molecule has 0 saturated carbocycles. The second-order valence-electron chi connectivity index (χ2n) is 5.62. The van der Waals surface area contributed by atoms with E-state index in [1.54, 1.807) is 36.4 Å². The van der Waals surface area contributed by atoms with Crippen molar-refractivity contribution in [1.82, 2.24) is 5.32 Å². The molecule has 0 heterocycles. The van der Waals surface area contributed by atoms with Crippen LogP contribution in [0.2, 0.25) is 5.02 Å². The van der Waals surface area contributed by atoms with E-state index in [1.807, 2.05) is 19.1 Å². The standard InChI is InChI=1S/C18H21ClN2O3S/c1-3-14-7-9-17(10-8-14)21(25(2,23)24)12-11-20-18(22)15-5-4-6-16(19)13-15/h4-10,13H,3,11-12H2,1-2H3,(H,20,22). The van der Waals surface area contributed by atoms with Gasteiger partial charge < -0.3 is 5.32 Å². The number of halogens is 1. The van der Waals surface area contributed by atoms with Crippen LogP contribution in [0.1, 0.15) is 22.8 Å². The largest absolute Gasteiger partial charge is 0.350 e. The van der Waals surface area contributed by atoms with E-state index < -0.39 is 10.0 Å². The average molecular weight is 381 g/mol. The lowest BCUT2D eigenvalue weighted by atomic mass is 10.1. The SMILES string of the molecule is CCc1ccc(N(CCNC(=O)c2cccc(Cl)c2)S(C)(=O)=O)cc1. The van der Waals surface area contributed by atoms with Crippen molar-refractivity contribution in [3.8, 4) is 0 Å². The van der Waals surface area contributed by atoms with E-state index in [2.05, 4.69) is 5.32 Å². The summed E-state index contributed by atoms with van der Waals surface area (Å²) >= 11 is 5.87. The lowest BCUT2D eigenvalue weighted by Gasteiger charge is -2.22. The number of benzene rings is 2. The van der Waals surface area contributed by atoms with E-state index in [-0.39, 0.29) is 19.0 Å². The molecule has 0 radical (unpaired) electrons. The van der Waals surface area contributed by atoms with Gasteiger partial charge in [-0.3, -0.25) is 9.10 Å². The number of sulfonamides is 1. The maximum Gasteiger partial charge on any atom is 0.251 e. The van der Waals surface area contributed by atoms with Crippen molar-refractivity contribution in [2.75, 3.05) is 23.7 Å². The minimum Gasteiger partial charge on any atom is -0.350 e. The van der Waals surface area contributed by atoms with Crippen molar-refractivity contribution < 1.29 is 13.2 Å². The summed E-state index contributed by atoms with van der Waals surface area (Å²) in [6, 6.07) is 13.9. The summed E-state index contributed by atoms with van der Waals surface area (Å²) in [7, 11) is -3.45. The first-order valence-electron chi connectivity index (χ1n) is 7.91. The number of carbonyl (C=O) groups is 1. The predicted octanol–water partition coefficient (Wildman–Crippen LogP) is 3.10. The number of hydrogen-bond donors (Lipinski definition) is 1. The van der Waals surface area contributed by atoms with Gasteiger partial charge in [0.25, 0.3) is 5.91 Å². The van der Waals surface area contributed by atoms with E-state index in [4.69, 9.17) is 11.6 Å². The summed E-state index contributed by atoms with van der Waals surface area (Å²) < 4.78 is 25.4. The molecule has 0 aliphatic rings. The molecule has 2 rings (SSSR count). The highest BCUT2D eigenvalue weighted by Gasteiger charge is 2.17. The third kappa shape index (κ3) is 5.47. The number of nitrogens with one attached hydrogen (secondary N) is 1. The first-order chi connectivity index (χ1) is 11.8. The van der Waals surface area contributed by atoms with E-state index >= 15 is 0 Å². The number of rotatable bonds is 7. The van der Waals surface area contributed by atoms with Crippen LogP contribution in [0.3, 0.4) is 0 Å². The van der Waals surface area contributed by atoms with Crippen molar-refractivity contribution in [3.63, 3.8) is 0 Å². The van der Waals surface area contributed by atoms with Gasteiger partial charge in [-0.25, -0.2) is 8.42 Å². The topological polar surface area (TPSA) is 66.5 Å². The summed E-state index contributed by atoms with van der Waals surface area (Å²) in [5.41, 5.74) is 2.15. The zero-order valence-corrected chi connectivity index (χ0v) is 15.8. The Hall–Kier alpha value is -2.05. The molecule has 5 nitrogen and oxygen atoms in total. The molecular formula is C18H21ClN2O3S. The molecule has 0 saturated heterocycles. The van der Waals surface area contributed by atoms with Crippen molar-refractivity contribution in [2.24, 2.45) is 0 Å². The van der Waals surface area contributed by atoms with Gasteiger partial charge in [-0.2, -0.15) is 0 Å². The average Bonchev–Trinajstić information content (AvgIpc) is 2.57. The van der Waals surface area contributed by atoms with Crippen molar-refractivity contribution in [1.29, 1.82) is 0 Å². The normalized spacial score (nSPS) is 11.2. The summed E-state index contributed by atoms with van der Waals surface area (Å²) in [5.74, 6) is -0.294. The zero-order valence-electron chi connectivity index (χ0n) is 14.2. The molecule has 0 bridgehead atoms. The fourth-order valence-corrected chi connectivity index (χ4v) is 3.50. The number of carbonyl (C=O) groups excluding carboxylic acids is 1. The molecule has 1 amide bonds. The van der Waals surface area contributed by atoms with Gasteiger partial charge in [0.05, 0.1) is 18.5 Å². The Bertz CT molecular complexity index is 836. The highest BCUT2D eigenvalue weighted by molar-refractivity contribution is 7.92. The van der Waals surface area contributed by atoms with Crippen LogP contribution < -0.4 is 9.62 Å². The molecule has 0 spiro atoms. The maximum atomic E-state index is 12.1. The van der Waals surface area contributed by atoms with Gasteiger partial charge in [-0.15, -0.1) is 0 Å². The van der Waals surface area contributed by atoms with Crippen LogP contribution in [-0.2, 0) is 16.4 Å². The van der Waals surface area contributed by atoms with Crippen molar-refractivity contribution in [2.45, 2.75) is 13.3 Å². The molecule has 0 aliphatic heterocycles. The van der Waals surface area contributed by atoms with Gasteiger partial charge in [0, 0.05) is 17.1 Å². The van der Waals surface area contributed by atoms with E-state index in [9.17, 15) is 13.2 Å². The fraction of sp³-hybridized carbons (Fsp3) is 0.278. The molecule has 25 heavy (non-hydrogen) atoms. The first kappa shape index (κ1) is 19.3. The highest BCUT2D eigenvalue weighted by atomic mass is 35.5. The molecule has 0 atom stereocenters. The molecule has 1 N–H and O–H groups in total. The van der Waals surface area contributed by atoms with Crippen molar-refractivity contribution in [3.05, 3.63) is 64.7 Å². The minimum atomic E-state index is -3.45. The molecule has 0 unspecified atom stereocenters. The highest BCUT2D eigenvalue weighted by Crippen LogP contribution is 2.18. The number of amides is 1. The first-order valence-corrected chi connectivity index (χ1v) is 10.1. The lowest BCUT2D eigenvalue weighted by Crippen LogP contribution is -2.38. The van der Waals surface area contributed by atoms with E-state index in [0.717, 1.165) is 18.2 Å². The summed E-state index contributed by atoms with van der Waals surface area (Å²) in [5, 5.41) is 3.19. The van der Waals surface area contributed by atoms with E-state index in [1.165, 1.54) is 4.31 Å². The number of nitrogens with zero attached hydrogens (tertiary/aromatic N) is 1. The fourth-order valence-electron chi connectivity index (χ4n) is 2.39. The van der Waals surface area contributed by atoms with E-state index in [0.29, 0.717) is 16.3 Å². The zero-order chi connectivity index (χ0) is 18.4. The Morgan fingerprint density at radius 3 is 2.40 bits per heavy atom. The quantitative estimate of drug-likeness (QED) is 0.802. The van der Waals surface area contributed by atoms with Gasteiger partial charge in [-0.1, -0.05) is 36.7 Å². The summed E-state index contributed by atoms with van der Waals surface area (Å²) in [6.45, 7) is 2.37. The molecule has 134 valence electrons. The Kier molecular flexibility index (Phi) is 6.45.